The minimum absolute atomic E-state index is 0. The Kier molecular flexibility index (Phi) is 8.02. The molecule has 0 aliphatic carbocycles. The molecule has 0 bridgehead atoms. The lowest BCUT2D eigenvalue weighted by molar-refractivity contribution is -0.00828. The van der Waals surface area contributed by atoms with Crippen molar-refractivity contribution in [2.24, 2.45) is 12.0 Å². The Hall–Kier alpha value is -2.47. The molecule has 1 aromatic carbocycles. The molecule has 2 aromatic heterocycles. The number of aromatic nitrogens is 4. The van der Waals surface area contributed by atoms with Gasteiger partial charge < -0.3 is 20.3 Å². The number of aryl methyl sites for hydroxylation is 2. The van der Waals surface area contributed by atoms with E-state index in [0.717, 1.165) is 35.9 Å². The molecule has 0 spiro atoms. The van der Waals surface area contributed by atoms with Gasteiger partial charge in [-0.1, -0.05) is 24.3 Å². The molecule has 0 amide bonds. The first-order valence-corrected chi connectivity index (χ1v) is 10.2. The molecule has 1 saturated heterocycles. The highest BCUT2D eigenvalue weighted by atomic mass is 127. The molecule has 4 rings (SSSR count). The number of guanidine groups is 1. The first-order valence-electron chi connectivity index (χ1n) is 10.2. The maximum atomic E-state index is 6.04. The summed E-state index contributed by atoms with van der Waals surface area (Å²) in [5, 5.41) is 12.0. The lowest BCUT2D eigenvalue weighted by Gasteiger charge is -2.35. The molecule has 1 aliphatic heterocycles. The lowest BCUT2D eigenvalue weighted by Crippen LogP contribution is -2.49. The van der Waals surface area contributed by atoms with Crippen LogP contribution in [0.3, 0.4) is 0 Å². The smallest absolute Gasteiger partial charge is 0.193 e. The second-order valence-corrected chi connectivity index (χ2v) is 7.29. The summed E-state index contributed by atoms with van der Waals surface area (Å²) in [4.78, 5) is 15.3. The van der Waals surface area contributed by atoms with Gasteiger partial charge in [0.15, 0.2) is 11.6 Å². The summed E-state index contributed by atoms with van der Waals surface area (Å²) in [6, 6.07) is 8.40. The highest BCUT2D eigenvalue weighted by molar-refractivity contribution is 14.0. The Labute approximate surface area is 199 Å². The third-order valence-electron chi connectivity index (χ3n) is 5.34. The van der Waals surface area contributed by atoms with E-state index in [1.54, 1.807) is 17.2 Å². The number of hydrogen-bond acceptors (Lipinski definition) is 6. The van der Waals surface area contributed by atoms with Gasteiger partial charge in [0.25, 0.3) is 0 Å². The van der Waals surface area contributed by atoms with Crippen LogP contribution in [0.15, 0.2) is 41.8 Å². The van der Waals surface area contributed by atoms with Crippen LogP contribution in [0.1, 0.15) is 17.2 Å². The van der Waals surface area contributed by atoms with Gasteiger partial charge in [-0.15, -0.1) is 24.0 Å². The molecule has 0 saturated carbocycles. The van der Waals surface area contributed by atoms with Gasteiger partial charge in [0, 0.05) is 33.7 Å². The standard InChI is InChI=1S/C21H28N8O.HI/c1-15-6-4-5-7-16(15)18-13-29(10-11-30-18)21(22-2)24-9-8-23-19-17-12-27-28(3)20(17)26-14-25-19;/h4-7,12,14,18H,8-11,13H2,1-3H3,(H,22,24)(H,23,25,26);1H. The first kappa shape index (κ1) is 23.2. The van der Waals surface area contributed by atoms with Gasteiger partial charge in [-0.3, -0.25) is 9.67 Å². The normalized spacial score (nSPS) is 16.8. The molecular weight excluding hydrogens is 507 g/mol. The van der Waals surface area contributed by atoms with E-state index >= 15 is 0 Å². The lowest BCUT2D eigenvalue weighted by atomic mass is 10.0. The van der Waals surface area contributed by atoms with Gasteiger partial charge in [0.2, 0.25) is 0 Å². The van der Waals surface area contributed by atoms with Gasteiger partial charge >= 0.3 is 0 Å². The van der Waals surface area contributed by atoms with Crippen molar-refractivity contribution in [2.75, 3.05) is 45.2 Å². The number of fused-ring (bicyclic) bond motifs is 1. The van der Waals surface area contributed by atoms with E-state index in [-0.39, 0.29) is 30.1 Å². The third-order valence-corrected chi connectivity index (χ3v) is 5.34. The van der Waals surface area contributed by atoms with Crippen molar-refractivity contribution in [1.29, 1.82) is 0 Å². The maximum absolute atomic E-state index is 6.04. The predicted molar refractivity (Wildman–Crippen MR) is 133 cm³/mol. The molecule has 31 heavy (non-hydrogen) atoms. The number of nitrogens with one attached hydrogen (secondary N) is 2. The fourth-order valence-corrected chi connectivity index (χ4v) is 3.77. The number of halogens is 1. The van der Waals surface area contributed by atoms with Gasteiger partial charge in [0.1, 0.15) is 18.2 Å². The Morgan fingerprint density at radius 1 is 1.26 bits per heavy atom. The van der Waals surface area contributed by atoms with Crippen molar-refractivity contribution < 1.29 is 4.74 Å². The van der Waals surface area contributed by atoms with E-state index in [4.69, 9.17) is 4.74 Å². The number of hydrogen-bond donors (Lipinski definition) is 2. The third kappa shape index (κ3) is 5.24. The zero-order chi connectivity index (χ0) is 20.9. The van der Waals surface area contributed by atoms with Crippen LogP contribution in [-0.4, -0.2) is 70.4 Å². The summed E-state index contributed by atoms with van der Waals surface area (Å²) in [6.45, 7) is 5.81. The first-order chi connectivity index (χ1) is 14.7. The van der Waals surface area contributed by atoms with Crippen molar-refractivity contribution in [2.45, 2.75) is 13.0 Å². The highest BCUT2D eigenvalue weighted by Crippen LogP contribution is 2.25. The van der Waals surface area contributed by atoms with Gasteiger partial charge in [-0.05, 0) is 18.1 Å². The molecule has 2 N–H and O–H groups in total. The quantitative estimate of drug-likeness (QED) is 0.224. The van der Waals surface area contributed by atoms with Crippen LogP contribution in [0.25, 0.3) is 11.0 Å². The van der Waals surface area contributed by atoms with Crippen molar-refractivity contribution in [3.63, 3.8) is 0 Å². The zero-order valence-corrected chi connectivity index (χ0v) is 20.4. The van der Waals surface area contributed by atoms with Crippen LogP contribution in [-0.2, 0) is 11.8 Å². The number of aliphatic imine (C=N–C) groups is 1. The van der Waals surface area contributed by atoms with Crippen molar-refractivity contribution in [3.8, 4) is 0 Å². The minimum Gasteiger partial charge on any atom is -0.370 e. The summed E-state index contributed by atoms with van der Waals surface area (Å²) < 4.78 is 7.78. The second kappa shape index (κ2) is 10.7. The van der Waals surface area contributed by atoms with Crippen LogP contribution in [0.4, 0.5) is 5.82 Å². The molecule has 10 heteroatoms. The van der Waals surface area contributed by atoms with E-state index in [1.807, 2.05) is 14.1 Å². The number of rotatable bonds is 5. The molecular formula is C21H29IN8O. The largest absolute Gasteiger partial charge is 0.370 e. The van der Waals surface area contributed by atoms with Gasteiger partial charge in [0.05, 0.1) is 24.7 Å². The van der Waals surface area contributed by atoms with Crippen LogP contribution >= 0.6 is 24.0 Å². The van der Waals surface area contributed by atoms with Gasteiger partial charge in [-0.2, -0.15) is 5.10 Å². The van der Waals surface area contributed by atoms with E-state index in [2.05, 4.69) is 66.8 Å². The fraction of sp³-hybridized carbons (Fsp3) is 0.429. The highest BCUT2D eigenvalue weighted by Gasteiger charge is 2.25. The van der Waals surface area contributed by atoms with Crippen LogP contribution in [0, 0.1) is 6.92 Å². The molecule has 3 heterocycles. The summed E-state index contributed by atoms with van der Waals surface area (Å²) in [6.07, 6.45) is 3.39. The Bertz CT molecular complexity index is 1040. The number of morpholine rings is 1. The van der Waals surface area contributed by atoms with E-state index < -0.39 is 0 Å². The second-order valence-electron chi connectivity index (χ2n) is 7.29. The predicted octanol–water partition coefficient (Wildman–Crippen LogP) is 2.35. The number of anilines is 1. The maximum Gasteiger partial charge on any atom is 0.193 e. The Balaban J connectivity index is 0.00000272. The van der Waals surface area contributed by atoms with Crippen LogP contribution < -0.4 is 10.6 Å². The van der Waals surface area contributed by atoms with Crippen molar-refractivity contribution >= 4 is 46.8 Å². The van der Waals surface area contributed by atoms with E-state index in [0.29, 0.717) is 19.7 Å². The molecule has 1 unspecified atom stereocenters. The zero-order valence-electron chi connectivity index (χ0n) is 18.1. The fourth-order valence-electron chi connectivity index (χ4n) is 3.77. The van der Waals surface area contributed by atoms with Crippen molar-refractivity contribution in [1.82, 2.24) is 30.0 Å². The summed E-state index contributed by atoms with van der Waals surface area (Å²) in [7, 11) is 3.69. The average molecular weight is 536 g/mol. The van der Waals surface area contributed by atoms with Gasteiger partial charge in [-0.25, -0.2) is 9.97 Å². The molecule has 1 fully saturated rings. The minimum atomic E-state index is 0. The molecule has 1 atom stereocenters. The molecule has 1 aliphatic rings. The summed E-state index contributed by atoms with van der Waals surface area (Å²) >= 11 is 0. The van der Waals surface area contributed by atoms with Crippen molar-refractivity contribution in [3.05, 3.63) is 47.9 Å². The summed E-state index contributed by atoms with van der Waals surface area (Å²) in [5.41, 5.74) is 3.30. The van der Waals surface area contributed by atoms with Crippen LogP contribution in [0.2, 0.25) is 0 Å². The molecule has 3 aromatic rings. The molecule has 9 nitrogen and oxygen atoms in total. The monoisotopic (exact) mass is 536 g/mol. The number of benzene rings is 1. The summed E-state index contributed by atoms with van der Waals surface area (Å²) in [5.74, 6) is 1.67. The topological polar surface area (TPSA) is 92.5 Å². The number of nitrogens with zero attached hydrogens (tertiary/aromatic N) is 6. The molecule has 166 valence electrons. The Morgan fingerprint density at radius 2 is 2.10 bits per heavy atom. The molecule has 0 radical (unpaired) electrons. The van der Waals surface area contributed by atoms with Crippen LogP contribution in [0.5, 0.6) is 0 Å². The average Bonchev–Trinajstić information content (AvgIpc) is 3.16. The van der Waals surface area contributed by atoms with E-state index in [1.165, 1.54) is 11.1 Å². The number of ether oxygens (including phenoxy) is 1. The van der Waals surface area contributed by atoms with E-state index in [9.17, 15) is 0 Å². The Morgan fingerprint density at radius 3 is 2.90 bits per heavy atom. The SMILES string of the molecule is CN=C(NCCNc1ncnc2c1cnn2C)N1CCOC(c2ccccc2C)C1.I.